The summed E-state index contributed by atoms with van der Waals surface area (Å²) in [5.74, 6) is -0.767. The van der Waals surface area contributed by atoms with Gasteiger partial charge in [0.1, 0.15) is 0 Å². The van der Waals surface area contributed by atoms with Crippen LogP contribution in [0.4, 0.5) is 0 Å². The second kappa shape index (κ2) is 4.75. The number of carbonyl (C=O) groups is 1. The number of aliphatic hydroxyl groups excluding tert-OH is 1. The fourth-order valence-electron chi connectivity index (χ4n) is 1.65. The molecule has 3 N–H and O–H groups in total. The van der Waals surface area contributed by atoms with Crippen molar-refractivity contribution in [3.8, 4) is 0 Å². The highest BCUT2D eigenvalue weighted by Gasteiger charge is 2.41. The van der Waals surface area contributed by atoms with Gasteiger partial charge in [-0.05, 0) is 31.6 Å². The molecule has 0 radical (unpaired) electrons. The monoisotopic (exact) mass is 201 g/mol. The molecule has 1 atom stereocenters. The van der Waals surface area contributed by atoms with Crippen LogP contribution in [0.1, 0.15) is 32.6 Å². The van der Waals surface area contributed by atoms with Gasteiger partial charge in [0.25, 0.3) is 0 Å². The average molecular weight is 201 g/mol. The first-order valence-corrected chi connectivity index (χ1v) is 5.14. The van der Waals surface area contributed by atoms with E-state index in [0.717, 1.165) is 25.8 Å². The van der Waals surface area contributed by atoms with E-state index in [4.69, 9.17) is 10.2 Å². The average Bonchev–Trinajstić information content (AvgIpc) is 2.82. The van der Waals surface area contributed by atoms with Gasteiger partial charge in [-0.15, -0.1) is 0 Å². The predicted molar refractivity (Wildman–Crippen MR) is 53.1 cm³/mol. The highest BCUT2D eigenvalue weighted by atomic mass is 16.4. The maximum atomic E-state index is 10.4. The molecule has 0 heterocycles. The Morgan fingerprint density at radius 1 is 1.57 bits per heavy atom. The van der Waals surface area contributed by atoms with Crippen LogP contribution in [0.5, 0.6) is 0 Å². The van der Waals surface area contributed by atoms with Crippen LogP contribution in [0.3, 0.4) is 0 Å². The van der Waals surface area contributed by atoms with E-state index in [9.17, 15) is 4.79 Å². The summed E-state index contributed by atoms with van der Waals surface area (Å²) in [5.41, 5.74) is 0.265. The zero-order chi connectivity index (χ0) is 10.6. The van der Waals surface area contributed by atoms with Gasteiger partial charge in [-0.2, -0.15) is 0 Å². The van der Waals surface area contributed by atoms with Crippen molar-refractivity contribution in [1.29, 1.82) is 0 Å². The highest BCUT2D eigenvalue weighted by molar-refractivity contribution is 5.67. The third kappa shape index (κ3) is 3.64. The summed E-state index contributed by atoms with van der Waals surface area (Å²) in [5, 5.41) is 20.6. The fraction of sp³-hybridized carbons (Fsp3) is 0.900. The van der Waals surface area contributed by atoms with E-state index in [1.165, 1.54) is 0 Å². The Balaban J connectivity index is 2.16. The molecule has 0 spiro atoms. The van der Waals surface area contributed by atoms with Crippen molar-refractivity contribution in [3.05, 3.63) is 0 Å². The van der Waals surface area contributed by atoms with Gasteiger partial charge in [-0.1, -0.05) is 0 Å². The number of aliphatic carboxylic acids is 1. The van der Waals surface area contributed by atoms with Crippen LogP contribution in [0.15, 0.2) is 0 Å². The van der Waals surface area contributed by atoms with Gasteiger partial charge in [0.05, 0.1) is 6.42 Å². The minimum Gasteiger partial charge on any atom is -0.481 e. The largest absolute Gasteiger partial charge is 0.481 e. The third-order valence-electron chi connectivity index (χ3n) is 2.91. The molecule has 0 aliphatic heterocycles. The van der Waals surface area contributed by atoms with Gasteiger partial charge in [0.2, 0.25) is 0 Å². The zero-order valence-electron chi connectivity index (χ0n) is 8.62. The lowest BCUT2D eigenvalue weighted by molar-refractivity contribution is -0.137. The van der Waals surface area contributed by atoms with E-state index in [1.807, 2.05) is 6.92 Å². The topological polar surface area (TPSA) is 69.6 Å². The molecule has 1 aliphatic carbocycles. The van der Waals surface area contributed by atoms with Crippen molar-refractivity contribution in [3.63, 3.8) is 0 Å². The minimum atomic E-state index is -0.767. The van der Waals surface area contributed by atoms with Crippen LogP contribution in [0.25, 0.3) is 0 Å². The molecule has 82 valence electrons. The molecule has 4 nitrogen and oxygen atoms in total. The number of rotatable bonds is 7. The van der Waals surface area contributed by atoms with E-state index in [2.05, 4.69) is 5.32 Å². The summed E-state index contributed by atoms with van der Waals surface area (Å²) in [6, 6.07) is 0.0173. The van der Waals surface area contributed by atoms with E-state index in [0.29, 0.717) is 0 Å². The summed E-state index contributed by atoms with van der Waals surface area (Å²) in [6.07, 6.45) is 3.30. The molecule has 0 saturated heterocycles. The van der Waals surface area contributed by atoms with Crippen molar-refractivity contribution < 1.29 is 15.0 Å². The van der Waals surface area contributed by atoms with Crippen LogP contribution in [-0.4, -0.2) is 35.4 Å². The maximum absolute atomic E-state index is 10.4. The molecule has 0 amide bonds. The van der Waals surface area contributed by atoms with E-state index >= 15 is 0 Å². The Morgan fingerprint density at radius 3 is 2.64 bits per heavy atom. The van der Waals surface area contributed by atoms with Crippen LogP contribution in [-0.2, 0) is 4.79 Å². The Bertz CT molecular complexity index is 202. The summed E-state index contributed by atoms with van der Waals surface area (Å²) >= 11 is 0. The van der Waals surface area contributed by atoms with Gasteiger partial charge in [-0.3, -0.25) is 4.79 Å². The SMILES string of the molecule is CC(CC(=O)O)NCC1(CCO)CC1. The fourth-order valence-corrected chi connectivity index (χ4v) is 1.65. The Labute approximate surface area is 84.3 Å². The molecule has 0 aromatic rings. The minimum absolute atomic E-state index is 0.0173. The number of carboxylic acid groups (broad SMARTS) is 1. The van der Waals surface area contributed by atoms with E-state index < -0.39 is 5.97 Å². The first-order chi connectivity index (χ1) is 6.58. The Kier molecular flexibility index (Phi) is 3.89. The summed E-state index contributed by atoms with van der Waals surface area (Å²) in [7, 11) is 0. The second-order valence-corrected chi connectivity index (χ2v) is 4.35. The summed E-state index contributed by atoms with van der Waals surface area (Å²) in [6.45, 7) is 2.94. The second-order valence-electron chi connectivity index (χ2n) is 4.35. The van der Waals surface area contributed by atoms with Gasteiger partial charge < -0.3 is 15.5 Å². The van der Waals surface area contributed by atoms with E-state index in [1.54, 1.807) is 0 Å². The number of carboxylic acids is 1. The van der Waals surface area contributed by atoms with Gasteiger partial charge in [0.15, 0.2) is 0 Å². The molecule has 0 aromatic heterocycles. The lowest BCUT2D eigenvalue weighted by atomic mass is 10.0. The normalized spacial score (nSPS) is 20.4. The summed E-state index contributed by atoms with van der Waals surface area (Å²) < 4.78 is 0. The molecule has 0 bridgehead atoms. The molecular formula is C10H19NO3. The van der Waals surface area contributed by atoms with Gasteiger partial charge >= 0.3 is 5.97 Å². The van der Waals surface area contributed by atoms with Crippen molar-refractivity contribution >= 4 is 5.97 Å². The molecule has 1 rings (SSSR count). The zero-order valence-corrected chi connectivity index (χ0v) is 8.62. The highest BCUT2D eigenvalue weighted by Crippen LogP contribution is 2.47. The smallest absolute Gasteiger partial charge is 0.304 e. The van der Waals surface area contributed by atoms with Crippen LogP contribution in [0, 0.1) is 5.41 Å². The standard InChI is InChI=1S/C10H19NO3/c1-8(6-9(13)14)11-7-10(2-3-10)4-5-12/h8,11-12H,2-7H2,1H3,(H,13,14). The third-order valence-corrected chi connectivity index (χ3v) is 2.91. The van der Waals surface area contributed by atoms with Crippen LogP contribution >= 0.6 is 0 Å². The molecule has 4 heteroatoms. The van der Waals surface area contributed by atoms with Crippen molar-refractivity contribution in [2.45, 2.75) is 38.6 Å². The van der Waals surface area contributed by atoms with Gasteiger partial charge in [0, 0.05) is 19.2 Å². The molecule has 1 aliphatic rings. The lowest BCUT2D eigenvalue weighted by Gasteiger charge is -2.18. The maximum Gasteiger partial charge on any atom is 0.304 e. The first kappa shape index (κ1) is 11.5. The van der Waals surface area contributed by atoms with Crippen molar-refractivity contribution in [1.82, 2.24) is 5.32 Å². The molecule has 14 heavy (non-hydrogen) atoms. The first-order valence-electron chi connectivity index (χ1n) is 5.14. The van der Waals surface area contributed by atoms with E-state index in [-0.39, 0.29) is 24.5 Å². The molecule has 0 aromatic carbocycles. The number of hydrogen-bond donors (Lipinski definition) is 3. The number of nitrogens with one attached hydrogen (secondary N) is 1. The molecule has 1 saturated carbocycles. The van der Waals surface area contributed by atoms with Crippen molar-refractivity contribution in [2.75, 3.05) is 13.2 Å². The summed E-state index contributed by atoms with van der Waals surface area (Å²) in [4.78, 5) is 10.4. The van der Waals surface area contributed by atoms with Crippen LogP contribution < -0.4 is 5.32 Å². The molecule has 1 fully saturated rings. The molecular weight excluding hydrogens is 182 g/mol. The van der Waals surface area contributed by atoms with Crippen molar-refractivity contribution in [2.24, 2.45) is 5.41 Å². The Morgan fingerprint density at radius 2 is 2.21 bits per heavy atom. The lowest BCUT2D eigenvalue weighted by Crippen LogP contribution is -2.34. The van der Waals surface area contributed by atoms with Crippen LogP contribution in [0.2, 0.25) is 0 Å². The Hall–Kier alpha value is -0.610. The molecule has 1 unspecified atom stereocenters. The van der Waals surface area contributed by atoms with Gasteiger partial charge in [-0.25, -0.2) is 0 Å². The number of aliphatic hydroxyl groups is 1. The predicted octanol–water partition coefficient (Wildman–Crippen LogP) is 0.602. The quantitative estimate of drug-likeness (QED) is 0.564. The number of hydrogen-bond acceptors (Lipinski definition) is 3.